The average Bonchev–Trinajstić information content (AvgIpc) is 3.46. The van der Waals surface area contributed by atoms with Gasteiger partial charge in [0.15, 0.2) is 0 Å². The Hall–Kier alpha value is -2.91. The number of fused-ring (bicyclic) bond motifs is 1. The Morgan fingerprint density at radius 2 is 1.85 bits per heavy atom. The number of furan rings is 1. The molecule has 174 valence electrons. The van der Waals surface area contributed by atoms with E-state index >= 15 is 0 Å². The van der Waals surface area contributed by atoms with E-state index in [1.54, 1.807) is 30.3 Å². The highest BCUT2D eigenvalue weighted by Gasteiger charge is 2.30. The number of aromatic nitrogens is 2. The molecule has 0 aliphatic carbocycles. The molecular formula is C24H26ClN3O5. The fourth-order valence-corrected chi connectivity index (χ4v) is 3.48. The number of benzene rings is 2. The van der Waals surface area contributed by atoms with Gasteiger partial charge in [-0.05, 0) is 54.8 Å². The van der Waals surface area contributed by atoms with Gasteiger partial charge < -0.3 is 29.6 Å². The van der Waals surface area contributed by atoms with Crippen molar-refractivity contribution >= 4 is 22.6 Å². The molecule has 0 unspecified atom stereocenters. The van der Waals surface area contributed by atoms with Crippen LogP contribution in [0.3, 0.4) is 0 Å². The van der Waals surface area contributed by atoms with Gasteiger partial charge in [0.25, 0.3) is 5.89 Å². The van der Waals surface area contributed by atoms with Crippen molar-refractivity contribution in [2.45, 2.75) is 25.8 Å². The molecule has 0 fully saturated rings. The summed E-state index contributed by atoms with van der Waals surface area (Å²) in [5, 5.41) is 24.3. The quantitative estimate of drug-likeness (QED) is 0.328. The van der Waals surface area contributed by atoms with Gasteiger partial charge in [0, 0.05) is 16.5 Å². The van der Waals surface area contributed by atoms with Crippen LogP contribution in [-0.4, -0.2) is 40.2 Å². The monoisotopic (exact) mass is 471 g/mol. The molecule has 33 heavy (non-hydrogen) atoms. The minimum atomic E-state index is -1.36. The van der Waals surface area contributed by atoms with E-state index in [2.05, 4.69) is 24.0 Å². The second-order valence-electron chi connectivity index (χ2n) is 8.43. The lowest BCUT2D eigenvalue weighted by molar-refractivity contribution is 0.105. The third kappa shape index (κ3) is 4.89. The molecule has 9 heteroatoms. The number of aliphatic hydroxyl groups excluding tert-OH is 2. The highest BCUT2D eigenvalue weighted by atomic mass is 35.5. The van der Waals surface area contributed by atoms with Gasteiger partial charge in [-0.1, -0.05) is 30.6 Å². The molecule has 4 aromatic rings. The Morgan fingerprint density at radius 1 is 1.09 bits per heavy atom. The molecule has 4 N–H and O–H groups in total. The number of nitrogens with zero attached hydrogens (tertiary/aromatic N) is 2. The van der Waals surface area contributed by atoms with E-state index < -0.39 is 18.8 Å². The summed E-state index contributed by atoms with van der Waals surface area (Å²) in [6, 6.07) is 12.4. The van der Waals surface area contributed by atoms with Gasteiger partial charge in [-0.3, -0.25) is 0 Å². The van der Waals surface area contributed by atoms with Crippen LogP contribution >= 0.6 is 11.6 Å². The highest BCUT2D eigenvalue weighted by Crippen LogP contribution is 2.32. The number of hydrogen-bond donors (Lipinski definition) is 3. The van der Waals surface area contributed by atoms with E-state index in [-0.39, 0.29) is 0 Å². The van der Waals surface area contributed by atoms with Crippen molar-refractivity contribution < 1.29 is 23.9 Å². The Balaban J connectivity index is 1.56. The highest BCUT2D eigenvalue weighted by molar-refractivity contribution is 6.32. The largest absolute Gasteiger partial charge is 0.492 e. The summed E-state index contributed by atoms with van der Waals surface area (Å²) < 4.78 is 16.9. The zero-order valence-corrected chi connectivity index (χ0v) is 19.2. The molecule has 0 aliphatic heterocycles. The van der Waals surface area contributed by atoms with Crippen molar-refractivity contribution in [3.05, 3.63) is 53.2 Å². The number of nitrogens with two attached hydrogens (primary N) is 1. The summed E-state index contributed by atoms with van der Waals surface area (Å²) in [6.45, 7) is 3.98. The maximum absolute atomic E-state index is 9.51. The van der Waals surface area contributed by atoms with Crippen LogP contribution in [-0.2, 0) is 5.54 Å². The Morgan fingerprint density at radius 3 is 2.55 bits per heavy atom. The first-order valence-corrected chi connectivity index (χ1v) is 11.0. The molecule has 0 spiro atoms. The number of rotatable bonds is 9. The molecule has 0 saturated carbocycles. The normalized spacial score (nSPS) is 12.1. The molecule has 0 aliphatic rings. The van der Waals surface area contributed by atoms with E-state index in [1.165, 1.54) is 0 Å². The zero-order chi connectivity index (χ0) is 23.6. The van der Waals surface area contributed by atoms with Crippen molar-refractivity contribution in [2.24, 2.45) is 11.7 Å². The number of hydrogen-bond acceptors (Lipinski definition) is 8. The van der Waals surface area contributed by atoms with Crippen molar-refractivity contribution in [1.29, 1.82) is 0 Å². The number of aliphatic hydroxyl groups is 2. The predicted octanol–water partition coefficient (Wildman–Crippen LogP) is 4.37. The maximum atomic E-state index is 9.51. The van der Waals surface area contributed by atoms with Crippen LogP contribution in [0, 0.1) is 5.92 Å². The van der Waals surface area contributed by atoms with E-state index in [4.69, 9.17) is 31.0 Å². The molecule has 8 nitrogen and oxygen atoms in total. The predicted molar refractivity (Wildman–Crippen MR) is 125 cm³/mol. The Labute approximate surface area is 195 Å². The standard InChI is InChI=1S/C24H26ClN3O5/c1-14(2)7-8-31-20-6-4-16(10-18(20)25)23-27-22(28-33-23)15-3-5-19-17(9-15)11-21(32-19)24(26,12-29)13-30/h3-6,9-11,14,29-30H,7-8,12-13,26H2,1-2H3. The third-order valence-corrected chi connectivity index (χ3v) is 5.68. The molecule has 2 aromatic carbocycles. The topological polar surface area (TPSA) is 128 Å². The molecule has 0 amide bonds. The van der Waals surface area contributed by atoms with Gasteiger partial charge in [0.2, 0.25) is 5.82 Å². The summed E-state index contributed by atoms with van der Waals surface area (Å²) in [7, 11) is 0. The zero-order valence-electron chi connectivity index (χ0n) is 18.4. The average molecular weight is 472 g/mol. The molecule has 2 aromatic heterocycles. The SMILES string of the molecule is CC(C)CCOc1ccc(-c2nc(-c3ccc4oc(C(N)(CO)CO)cc4c3)no2)cc1Cl. The second-order valence-corrected chi connectivity index (χ2v) is 8.84. The van der Waals surface area contributed by atoms with E-state index in [9.17, 15) is 10.2 Å². The van der Waals surface area contributed by atoms with Gasteiger partial charge in [-0.15, -0.1) is 0 Å². The summed E-state index contributed by atoms with van der Waals surface area (Å²) in [5.41, 5.74) is 6.60. The molecule has 0 atom stereocenters. The van der Waals surface area contributed by atoms with Crippen molar-refractivity contribution in [1.82, 2.24) is 10.1 Å². The van der Waals surface area contributed by atoms with Gasteiger partial charge >= 0.3 is 0 Å². The van der Waals surface area contributed by atoms with Crippen LogP contribution in [0.1, 0.15) is 26.0 Å². The lowest BCUT2D eigenvalue weighted by Gasteiger charge is -2.21. The Kier molecular flexibility index (Phi) is 6.71. The molecule has 0 bridgehead atoms. The van der Waals surface area contributed by atoms with Gasteiger partial charge in [-0.25, -0.2) is 0 Å². The minimum Gasteiger partial charge on any atom is -0.492 e. The first kappa shape index (κ1) is 23.3. The summed E-state index contributed by atoms with van der Waals surface area (Å²) in [5.74, 6) is 2.18. The van der Waals surface area contributed by atoms with E-state index in [0.717, 1.165) is 11.8 Å². The number of halogens is 1. The van der Waals surface area contributed by atoms with Gasteiger partial charge in [0.1, 0.15) is 22.6 Å². The smallest absolute Gasteiger partial charge is 0.258 e. The van der Waals surface area contributed by atoms with Crippen molar-refractivity contribution in [2.75, 3.05) is 19.8 Å². The van der Waals surface area contributed by atoms with Crippen molar-refractivity contribution in [3.8, 4) is 28.6 Å². The maximum Gasteiger partial charge on any atom is 0.258 e. The molecular weight excluding hydrogens is 446 g/mol. The summed E-state index contributed by atoms with van der Waals surface area (Å²) >= 11 is 6.38. The first-order valence-electron chi connectivity index (χ1n) is 10.6. The second kappa shape index (κ2) is 9.52. The minimum absolute atomic E-state index is 0.291. The summed E-state index contributed by atoms with van der Waals surface area (Å²) in [4.78, 5) is 4.49. The summed E-state index contributed by atoms with van der Waals surface area (Å²) in [6.07, 6.45) is 0.944. The molecule has 0 saturated heterocycles. The van der Waals surface area contributed by atoms with Crippen LogP contribution in [0.25, 0.3) is 33.8 Å². The van der Waals surface area contributed by atoms with Crippen LogP contribution in [0.2, 0.25) is 5.02 Å². The molecule has 2 heterocycles. The van der Waals surface area contributed by atoms with Gasteiger partial charge in [0.05, 0.1) is 24.8 Å². The first-order chi connectivity index (χ1) is 15.8. The van der Waals surface area contributed by atoms with Crippen LogP contribution in [0.5, 0.6) is 5.75 Å². The lowest BCUT2D eigenvalue weighted by Crippen LogP contribution is -2.43. The van der Waals surface area contributed by atoms with E-state index in [0.29, 0.717) is 57.5 Å². The fourth-order valence-electron chi connectivity index (χ4n) is 3.25. The van der Waals surface area contributed by atoms with Crippen LogP contribution in [0.4, 0.5) is 0 Å². The Bertz CT molecular complexity index is 1250. The van der Waals surface area contributed by atoms with Gasteiger partial charge in [-0.2, -0.15) is 4.98 Å². The number of ether oxygens (including phenoxy) is 1. The van der Waals surface area contributed by atoms with E-state index in [1.807, 2.05) is 12.1 Å². The van der Waals surface area contributed by atoms with Crippen molar-refractivity contribution in [3.63, 3.8) is 0 Å². The van der Waals surface area contributed by atoms with Crippen LogP contribution < -0.4 is 10.5 Å². The molecule has 4 rings (SSSR count). The van der Waals surface area contributed by atoms with Crippen LogP contribution in [0.15, 0.2) is 51.4 Å². The fraction of sp³-hybridized carbons (Fsp3) is 0.333. The third-order valence-electron chi connectivity index (χ3n) is 5.39. The molecule has 0 radical (unpaired) electrons. The lowest BCUT2D eigenvalue weighted by atomic mass is 10.00.